The largest absolute Gasteiger partial charge is 0.493 e. The number of halogens is 2. The number of ether oxygens (including phenoxy) is 1. The highest BCUT2D eigenvalue weighted by Crippen LogP contribution is 2.32. The van der Waals surface area contributed by atoms with Gasteiger partial charge in [-0.15, -0.1) is 0 Å². The van der Waals surface area contributed by atoms with Gasteiger partial charge in [0.05, 0.1) is 16.7 Å². The summed E-state index contributed by atoms with van der Waals surface area (Å²) in [5.41, 5.74) is 2.74. The molecule has 2 aliphatic heterocycles. The normalized spacial score (nSPS) is 22.8. The van der Waals surface area contributed by atoms with Crippen molar-refractivity contribution in [3.05, 3.63) is 58.1 Å². The Morgan fingerprint density at radius 2 is 1.73 bits per heavy atom. The molecule has 2 heterocycles. The highest BCUT2D eigenvalue weighted by molar-refractivity contribution is 6.42. The van der Waals surface area contributed by atoms with E-state index in [4.69, 9.17) is 27.9 Å². The third-order valence-corrected chi connectivity index (χ3v) is 6.23. The maximum Gasteiger partial charge on any atom is 0.120 e. The Morgan fingerprint density at radius 3 is 2.46 bits per heavy atom. The van der Waals surface area contributed by atoms with Crippen LogP contribution in [0.5, 0.6) is 5.75 Å². The van der Waals surface area contributed by atoms with E-state index in [1.165, 1.54) is 37.2 Å². The molecule has 2 aromatic rings. The molecule has 1 N–H and O–H groups in total. The van der Waals surface area contributed by atoms with E-state index in [9.17, 15) is 0 Å². The van der Waals surface area contributed by atoms with Crippen molar-refractivity contribution in [3.63, 3.8) is 0 Å². The van der Waals surface area contributed by atoms with Crippen LogP contribution in [0.1, 0.15) is 24.3 Å². The lowest BCUT2D eigenvalue weighted by atomic mass is 9.89. The Labute approximate surface area is 165 Å². The maximum atomic E-state index is 6.07. The standard InChI is InChI=1S/C21H24Cl2N2O/c22-20-8-7-18(11-21(20)23)26-14-16-12-24-13-19(16)15-3-5-17(6-4-15)25-9-1-2-10-25/h3-8,11,16,19,24H,1-2,9-10,12-14H2. The summed E-state index contributed by atoms with van der Waals surface area (Å²) >= 11 is 12.0. The molecule has 3 nitrogen and oxygen atoms in total. The average molecular weight is 391 g/mol. The molecule has 2 aliphatic rings. The van der Waals surface area contributed by atoms with E-state index in [1.807, 2.05) is 6.07 Å². The van der Waals surface area contributed by atoms with E-state index >= 15 is 0 Å². The zero-order valence-electron chi connectivity index (χ0n) is 14.8. The molecule has 5 heteroatoms. The van der Waals surface area contributed by atoms with Gasteiger partial charge in [0.25, 0.3) is 0 Å². The number of anilines is 1. The SMILES string of the molecule is Clc1ccc(OCC2CNCC2c2ccc(N3CCCC3)cc2)cc1Cl. The molecule has 2 aromatic carbocycles. The number of benzene rings is 2. The predicted octanol–water partition coefficient (Wildman–Crippen LogP) is 4.98. The van der Waals surface area contributed by atoms with Crippen molar-refractivity contribution in [2.45, 2.75) is 18.8 Å². The first kappa shape index (κ1) is 18.0. The van der Waals surface area contributed by atoms with Crippen LogP contribution in [0.3, 0.4) is 0 Å². The van der Waals surface area contributed by atoms with Crippen LogP contribution in [0.4, 0.5) is 5.69 Å². The lowest BCUT2D eigenvalue weighted by Crippen LogP contribution is -2.20. The molecular weight excluding hydrogens is 367 g/mol. The van der Waals surface area contributed by atoms with Gasteiger partial charge in [0.15, 0.2) is 0 Å². The Morgan fingerprint density at radius 1 is 0.962 bits per heavy atom. The first-order valence-electron chi connectivity index (χ1n) is 9.34. The first-order valence-corrected chi connectivity index (χ1v) is 10.1. The van der Waals surface area contributed by atoms with E-state index < -0.39 is 0 Å². The first-order chi connectivity index (χ1) is 12.7. The van der Waals surface area contributed by atoms with E-state index in [0.29, 0.717) is 28.5 Å². The van der Waals surface area contributed by atoms with E-state index in [0.717, 1.165) is 18.8 Å². The summed E-state index contributed by atoms with van der Waals surface area (Å²) in [5, 5.41) is 4.59. The number of nitrogens with zero attached hydrogens (tertiary/aromatic N) is 1. The van der Waals surface area contributed by atoms with Gasteiger partial charge in [0.2, 0.25) is 0 Å². The maximum absolute atomic E-state index is 6.07. The predicted molar refractivity (Wildman–Crippen MR) is 109 cm³/mol. The summed E-state index contributed by atoms with van der Waals surface area (Å²) in [6.07, 6.45) is 2.62. The van der Waals surface area contributed by atoms with Crippen LogP contribution in [-0.4, -0.2) is 32.8 Å². The zero-order valence-corrected chi connectivity index (χ0v) is 16.3. The van der Waals surface area contributed by atoms with Gasteiger partial charge in [-0.05, 0) is 42.7 Å². The van der Waals surface area contributed by atoms with Gasteiger partial charge in [0.1, 0.15) is 5.75 Å². The second-order valence-corrected chi connectivity index (χ2v) is 8.01. The van der Waals surface area contributed by atoms with Crippen molar-refractivity contribution in [1.82, 2.24) is 5.32 Å². The minimum absolute atomic E-state index is 0.446. The van der Waals surface area contributed by atoms with Gasteiger partial charge in [0, 0.05) is 49.8 Å². The van der Waals surface area contributed by atoms with Crippen LogP contribution in [0.15, 0.2) is 42.5 Å². The zero-order chi connectivity index (χ0) is 17.9. The molecule has 0 saturated carbocycles. The Balaban J connectivity index is 1.40. The molecule has 0 aliphatic carbocycles. The number of nitrogens with one attached hydrogen (secondary N) is 1. The molecule has 2 saturated heterocycles. The molecular formula is C21H24Cl2N2O. The van der Waals surface area contributed by atoms with Gasteiger partial charge in [-0.25, -0.2) is 0 Å². The van der Waals surface area contributed by atoms with Crippen LogP contribution in [0.2, 0.25) is 10.0 Å². The third-order valence-electron chi connectivity index (χ3n) is 5.49. The third kappa shape index (κ3) is 3.95. The molecule has 2 unspecified atom stereocenters. The van der Waals surface area contributed by atoms with Gasteiger partial charge in [-0.1, -0.05) is 35.3 Å². The molecule has 2 fully saturated rings. The molecule has 0 bridgehead atoms. The van der Waals surface area contributed by atoms with E-state index in [2.05, 4.69) is 34.5 Å². The van der Waals surface area contributed by atoms with Crippen molar-refractivity contribution in [2.24, 2.45) is 5.92 Å². The van der Waals surface area contributed by atoms with Gasteiger partial charge >= 0.3 is 0 Å². The number of hydrogen-bond donors (Lipinski definition) is 1. The molecule has 26 heavy (non-hydrogen) atoms. The molecule has 0 spiro atoms. The summed E-state index contributed by atoms with van der Waals surface area (Å²) in [6.45, 7) is 5.01. The van der Waals surface area contributed by atoms with Crippen molar-refractivity contribution in [2.75, 3.05) is 37.7 Å². The van der Waals surface area contributed by atoms with Crippen LogP contribution >= 0.6 is 23.2 Å². The topological polar surface area (TPSA) is 24.5 Å². The van der Waals surface area contributed by atoms with Crippen LogP contribution in [0.25, 0.3) is 0 Å². The smallest absolute Gasteiger partial charge is 0.120 e. The molecule has 0 radical (unpaired) electrons. The second-order valence-electron chi connectivity index (χ2n) is 7.20. The number of rotatable bonds is 5. The Bertz CT molecular complexity index is 744. The molecule has 2 atom stereocenters. The summed E-state index contributed by atoms with van der Waals surface area (Å²) in [4.78, 5) is 2.47. The summed E-state index contributed by atoms with van der Waals surface area (Å²) < 4.78 is 5.99. The molecule has 0 amide bonds. The van der Waals surface area contributed by atoms with Crippen LogP contribution in [-0.2, 0) is 0 Å². The number of hydrogen-bond acceptors (Lipinski definition) is 3. The highest BCUT2D eigenvalue weighted by atomic mass is 35.5. The molecule has 0 aromatic heterocycles. The summed E-state index contributed by atoms with van der Waals surface area (Å²) in [5.74, 6) is 1.70. The van der Waals surface area contributed by atoms with Gasteiger partial charge in [-0.3, -0.25) is 0 Å². The molecule has 4 rings (SSSR count). The minimum Gasteiger partial charge on any atom is -0.493 e. The van der Waals surface area contributed by atoms with Crippen molar-refractivity contribution in [3.8, 4) is 5.75 Å². The van der Waals surface area contributed by atoms with Crippen LogP contribution < -0.4 is 15.0 Å². The summed E-state index contributed by atoms with van der Waals surface area (Å²) in [6, 6.07) is 14.6. The van der Waals surface area contributed by atoms with Gasteiger partial charge in [-0.2, -0.15) is 0 Å². The lowest BCUT2D eigenvalue weighted by molar-refractivity contribution is 0.248. The van der Waals surface area contributed by atoms with Crippen molar-refractivity contribution in [1.29, 1.82) is 0 Å². The fourth-order valence-electron chi connectivity index (χ4n) is 3.98. The van der Waals surface area contributed by atoms with Crippen molar-refractivity contribution < 1.29 is 4.74 Å². The van der Waals surface area contributed by atoms with E-state index in [1.54, 1.807) is 12.1 Å². The monoisotopic (exact) mass is 390 g/mol. The van der Waals surface area contributed by atoms with E-state index in [-0.39, 0.29) is 0 Å². The highest BCUT2D eigenvalue weighted by Gasteiger charge is 2.29. The minimum atomic E-state index is 0.446. The quantitative estimate of drug-likeness (QED) is 0.779. The fourth-order valence-corrected chi connectivity index (χ4v) is 4.26. The molecule has 138 valence electrons. The second kappa shape index (κ2) is 8.08. The van der Waals surface area contributed by atoms with Crippen LogP contribution in [0, 0.1) is 5.92 Å². The van der Waals surface area contributed by atoms with Gasteiger partial charge < -0.3 is 15.0 Å². The Kier molecular flexibility index (Phi) is 5.58. The van der Waals surface area contributed by atoms with Crippen molar-refractivity contribution >= 4 is 28.9 Å². The fraction of sp³-hybridized carbons (Fsp3) is 0.429. The summed E-state index contributed by atoms with van der Waals surface area (Å²) in [7, 11) is 0. The Hall–Kier alpha value is -1.42. The average Bonchev–Trinajstić information content (AvgIpc) is 3.35. The lowest BCUT2D eigenvalue weighted by Gasteiger charge is -2.22.